The van der Waals surface area contributed by atoms with Crippen LogP contribution in [0.2, 0.25) is 5.02 Å². The number of amides is 1. The van der Waals surface area contributed by atoms with E-state index in [-0.39, 0.29) is 12.3 Å². The second kappa shape index (κ2) is 6.65. The lowest BCUT2D eigenvalue weighted by atomic mass is 10.1. The standard InChI is InChI=1S/C19H15ClN4O2/c1-12-10-18(24(22-12)14-8-6-13(20)7-9-14)21-19(25)11-16-15-4-2-3-5-17(15)26-23-16/h2-10H,11H2,1H3,(H,21,25). The predicted octanol–water partition coefficient (Wildman–Crippen LogP) is 4.16. The molecule has 0 saturated heterocycles. The van der Waals surface area contributed by atoms with Gasteiger partial charge in [-0.2, -0.15) is 5.10 Å². The van der Waals surface area contributed by atoms with Gasteiger partial charge in [-0.05, 0) is 43.3 Å². The molecule has 1 amide bonds. The number of aromatic nitrogens is 3. The van der Waals surface area contributed by atoms with E-state index in [2.05, 4.69) is 15.6 Å². The van der Waals surface area contributed by atoms with Gasteiger partial charge in [-0.3, -0.25) is 4.79 Å². The Morgan fingerprint density at radius 1 is 1.19 bits per heavy atom. The van der Waals surface area contributed by atoms with Crippen LogP contribution in [0, 0.1) is 6.92 Å². The first-order chi connectivity index (χ1) is 12.6. The number of carbonyl (C=O) groups excluding carboxylic acids is 1. The number of anilines is 1. The highest BCUT2D eigenvalue weighted by Gasteiger charge is 2.15. The Bertz CT molecular complexity index is 1080. The van der Waals surface area contributed by atoms with Crippen LogP contribution in [-0.4, -0.2) is 20.8 Å². The largest absolute Gasteiger partial charge is 0.356 e. The lowest BCUT2D eigenvalue weighted by molar-refractivity contribution is -0.115. The monoisotopic (exact) mass is 366 g/mol. The lowest BCUT2D eigenvalue weighted by Gasteiger charge is -2.08. The molecule has 0 aliphatic rings. The van der Waals surface area contributed by atoms with E-state index in [1.54, 1.807) is 16.8 Å². The van der Waals surface area contributed by atoms with Gasteiger partial charge in [0.1, 0.15) is 11.5 Å². The predicted molar refractivity (Wildman–Crippen MR) is 99.7 cm³/mol. The van der Waals surface area contributed by atoms with Crippen molar-refractivity contribution in [2.24, 2.45) is 0 Å². The summed E-state index contributed by atoms with van der Waals surface area (Å²) < 4.78 is 6.92. The average molecular weight is 367 g/mol. The molecule has 0 atom stereocenters. The molecular formula is C19H15ClN4O2. The molecule has 2 aromatic carbocycles. The summed E-state index contributed by atoms with van der Waals surface area (Å²) in [4.78, 5) is 12.5. The number of aryl methyl sites for hydroxylation is 1. The van der Waals surface area contributed by atoms with Crippen LogP contribution in [0.15, 0.2) is 59.1 Å². The normalized spacial score (nSPS) is 11.0. The van der Waals surface area contributed by atoms with Gasteiger partial charge in [-0.15, -0.1) is 0 Å². The fraction of sp³-hybridized carbons (Fsp3) is 0.105. The van der Waals surface area contributed by atoms with Gasteiger partial charge in [0.2, 0.25) is 5.91 Å². The number of benzene rings is 2. The molecular weight excluding hydrogens is 352 g/mol. The maximum absolute atomic E-state index is 12.5. The zero-order chi connectivity index (χ0) is 18.1. The van der Waals surface area contributed by atoms with Crippen LogP contribution in [0.3, 0.4) is 0 Å². The van der Waals surface area contributed by atoms with E-state index in [0.717, 1.165) is 16.8 Å². The molecule has 0 radical (unpaired) electrons. The second-order valence-electron chi connectivity index (χ2n) is 5.91. The molecule has 6 nitrogen and oxygen atoms in total. The highest BCUT2D eigenvalue weighted by atomic mass is 35.5. The summed E-state index contributed by atoms with van der Waals surface area (Å²) in [6.07, 6.45) is 0.113. The number of fused-ring (bicyclic) bond motifs is 1. The fourth-order valence-electron chi connectivity index (χ4n) is 2.77. The van der Waals surface area contributed by atoms with Gasteiger partial charge in [0.15, 0.2) is 5.58 Å². The number of halogens is 1. The molecule has 0 unspecified atom stereocenters. The topological polar surface area (TPSA) is 73.0 Å². The molecule has 0 saturated carbocycles. The lowest BCUT2D eigenvalue weighted by Crippen LogP contribution is -2.17. The maximum Gasteiger partial charge on any atom is 0.231 e. The van der Waals surface area contributed by atoms with Gasteiger partial charge in [-0.1, -0.05) is 28.9 Å². The van der Waals surface area contributed by atoms with Crippen molar-refractivity contribution in [2.75, 3.05) is 5.32 Å². The van der Waals surface area contributed by atoms with Crippen molar-refractivity contribution in [3.63, 3.8) is 0 Å². The maximum atomic E-state index is 12.5. The molecule has 0 aliphatic heterocycles. The van der Waals surface area contributed by atoms with Crippen LogP contribution < -0.4 is 5.32 Å². The summed E-state index contributed by atoms with van der Waals surface area (Å²) in [5.74, 6) is 0.391. The summed E-state index contributed by atoms with van der Waals surface area (Å²) in [6, 6.07) is 16.5. The number of nitrogens with one attached hydrogen (secondary N) is 1. The van der Waals surface area contributed by atoms with Gasteiger partial charge in [0.25, 0.3) is 0 Å². The van der Waals surface area contributed by atoms with Crippen molar-refractivity contribution in [2.45, 2.75) is 13.3 Å². The molecule has 2 aromatic heterocycles. The number of hydrogen-bond donors (Lipinski definition) is 1. The van der Waals surface area contributed by atoms with Gasteiger partial charge in [0, 0.05) is 16.5 Å². The molecule has 4 aromatic rings. The molecule has 4 rings (SSSR count). The Morgan fingerprint density at radius 2 is 1.96 bits per heavy atom. The quantitative estimate of drug-likeness (QED) is 0.588. The molecule has 130 valence electrons. The molecule has 2 heterocycles. The van der Waals surface area contributed by atoms with E-state index in [0.29, 0.717) is 22.1 Å². The van der Waals surface area contributed by atoms with Crippen LogP contribution in [0.5, 0.6) is 0 Å². The van der Waals surface area contributed by atoms with Crippen molar-refractivity contribution in [1.29, 1.82) is 0 Å². The van der Waals surface area contributed by atoms with E-state index < -0.39 is 0 Å². The smallest absolute Gasteiger partial charge is 0.231 e. The Kier molecular flexibility index (Phi) is 4.18. The third-order valence-electron chi connectivity index (χ3n) is 3.95. The minimum absolute atomic E-state index is 0.113. The number of hydrogen-bond acceptors (Lipinski definition) is 4. The van der Waals surface area contributed by atoms with Crippen LogP contribution >= 0.6 is 11.6 Å². The first kappa shape index (κ1) is 16.4. The fourth-order valence-corrected chi connectivity index (χ4v) is 2.90. The van der Waals surface area contributed by atoms with Crippen molar-refractivity contribution >= 4 is 34.3 Å². The molecule has 0 aliphatic carbocycles. The molecule has 0 spiro atoms. The molecule has 0 bridgehead atoms. The van der Waals surface area contributed by atoms with Crippen LogP contribution in [0.25, 0.3) is 16.7 Å². The Hall–Kier alpha value is -3.12. The molecule has 7 heteroatoms. The zero-order valence-corrected chi connectivity index (χ0v) is 14.7. The Balaban J connectivity index is 1.57. The number of rotatable bonds is 4. The first-order valence-electron chi connectivity index (χ1n) is 8.06. The van der Waals surface area contributed by atoms with Crippen molar-refractivity contribution in [3.05, 3.63) is 71.0 Å². The summed E-state index contributed by atoms with van der Waals surface area (Å²) in [6.45, 7) is 1.87. The summed E-state index contributed by atoms with van der Waals surface area (Å²) in [5.41, 5.74) is 2.87. The minimum atomic E-state index is -0.195. The third-order valence-corrected chi connectivity index (χ3v) is 4.20. The number of para-hydroxylation sites is 1. The average Bonchev–Trinajstić information content (AvgIpc) is 3.19. The van der Waals surface area contributed by atoms with E-state index in [4.69, 9.17) is 16.1 Å². The van der Waals surface area contributed by atoms with E-state index in [1.807, 2.05) is 49.4 Å². The van der Waals surface area contributed by atoms with Crippen LogP contribution in [0.1, 0.15) is 11.4 Å². The van der Waals surface area contributed by atoms with Crippen molar-refractivity contribution in [1.82, 2.24) is 14.9 Å². The van der Waals surface area contributed by atoms with Crippen LogP contribution in [-0.2, 0) is 11.2 Å². The van der Waals surface area contributed by atoms with E-state index >= 15 is 0 Å². The molecule has 0 fully saturated rings. The van der Waals surface area contributed by atoms with Gasteiger partial charge in [0.05, 0.1) is 17.8 Å². The Morgan fingerprint density at radius 3 is 2.77 bits per heavy atom. The van der Waals surface area contributed by atoms with Gasteiger partial charge >= 0.3 is 0 Å². The van der Waals surface area contributed by atoms with Gasteiger partial charge in [-0.25, -0.2) is 4.68 Å². The van der Waals surface area contributed by atoms with E-state index in [1.165, 1.54) is 0 Å². The van der Waals surface area contributed by atoms with Gasteiger partial charge < -0.3 is 9.84 Å². The minimum Gasteiger partial charge on any atom is -0.356 e. The van der Waals surface area contributed by atoms with Crippen molar-refractivity contribution in [3.8, 4) is 5.69 Å². The van der Waals surface area contributed by atoms with Crippen LogP contribution in [0.4, 0.5) is 5.82 Å². The molecule has 1 N–H and O–H groups in total. The third kappa shape index (κ3) is 3.19. The Labute approximate surface area is 154 Å². The first-order valence-corrected chi connectivity index (χ1v) is 8.44. The number of carbonyl (C=O) groups is 1. The summed E-state index contributed by atoms with van der Waals surface area (Å²) in [5, 5.41) is 12.8. The number of nitrogens with zero attached hydrogens (tertiary/aromatic N) is 3. The highest BCUT2D eigenvalue weighted by Crippen LogP contribution is 2.21. The highest BCUT2D eigenvalue weighted by molar-refractivity contribution is 6.30. The zero-order valence-electron chi connectivity index (χ0n) is 13.9. The summed E-state index contributed by atoms with van der Waals surface area (Å²) >= 11 is 5.94. The second-order valence-corrected chi connectivity index (χ2v) is 6.35. The SMILES string of the molecule is Cc1cc(NC(=O)Cc2noc3ccccc23)n(-c2ccc(Cl)cc2)n1. The summed E-state index contributed by atoms with van der Waals surface area (Å²) in [7, 11) is 0. The molecule has 26 heavy (non-hydrogen) atoms. The van der Waals surface area contributed by atoms with E-state index in [9.17, 15) is 4.79 Å². The van der Waals surface area contributed by atoms with Crippen molar-refractivity contribution < 1.29 is 9.32 Å².